The average Bonchev–Trinajstić information content (AvgIpc) is 2.46. The molecule has 18 heavy (non-hydrogen) atoms. The Hall–Kier alpha value is -1.06. The number of hydrogen-bond acceptors (Lipinski definition) is 3. The van der Waals surface area contributed by atoms with Gasteiger partial charge >= 0.3 is 0 Å². The summed E-state index contributed by atoms with van der Waals surface area (Å²) in [6.45, 7) is 6.77. The van der Waals surface area contributed by atoms with Crippen LogP contribution in [0.15, 0.2) is 24.3 Å². The van der Waals surface area contributed by atoms with Crippen LogP contribution < -0.4 is 10.1 Å². The van der Waals surface area contributed by atoms with Gasteiger partial charge in [-0.1, -0.05) is 26.0 Å². The molecule has 0 spiro atoms. The molecule has 0 radical (unpaired) electrons. The van der Waals surface area contributed by atoms with E-state index in [2.05, 4.69) is 31.3 Å². The SMILES string of the molecule is CCCOc1ccc(C2CNC(CC)CO2)cc1. The van der Waals surface area contributed by atoms with E-state index in [0.717, 1.165) is 38.3 Å². The summed E-state index contributed by atoms with van der Waals surface area (Å²) in [5, 5.41) is 3.51. The normalized spacial score (nSPS) is 23.9. The van der Waals surface area contributed by atoms with Crippen molar-refractivity contribution < 1.29 is 9.47 Å². The summed E-state index contributed by atoms with van der Waals surface area (Å²) in [7, 11) is 0. The van der Waals surface area contributed by atoms with Gasteiger partial charge in [0.05, 0.1) is 19.3 Å². The summed E-state index contributed by atoms with van der Waals surface area (Å²) in [5.41, 5.74) is 1.22. The van der Waals surface area contributed by atoms with Crippen LogP contribution in [0.1, 0.15) is 38.4 Å². The molecule has 1 aliphatic rings. The Bertz CT molecular complexity index is 342. The molecular formula is C15H23NO2. The summed E-state index contributed by atoms with van der Waals surface area (Å²) in [5.74, 6) is 0.941. The second-order valence-corrected chi connectivity index (χ2v) is 4.75. The van der Waals surface area contributed by atoms with E-state index in [4.69, 9.17) is 9.47 Å². The molecule has 100 valence electrons. The van der Waals surface area contributed by atoms with Crippen LogP contribution in [0.2, 0.25) is 0 Å². The van der Waals surface area contributed by atoms with Gasteiger partial charge < -0.3 is 14.8 Å². The van der Waals surface area contributed by atoms with Gasteiger partial charge in [0.1, 0.15) is 5.75 Å². The molecule has 3 nitrogen and oxygen atoms in total. The van der Waals surface area contributed by atoms with E-state index in [-0.39, 0.29) is 6.10 Å². The summed E-state index contributed by atoms with van der Waals surface area (Å²) in [6, 6.07) is 8.77. The fourth-order valence-electron chi connectivity index (χ4n) is 2.10. The fraction of sp³-hybridized carbons (Fsp3) is 0.600. The molecule has 2 rings (SSSR count). The van der Waals surface area contributed by atoms with E-state index in [0.29, 0.717) is 6.04 Å². The topological polar surface area (TPSA) is 30.5 Å². The average molecular weight is 249 g/mol. The van der Waals surface area contributed by atoms with Gasteiger partial charge in [-0.3, -0.25) is 0 Å². The molecule has 0 saturated carbocycles. The summed E-state index contributed by atoms with van der Waals surface area (Å²) in [4.78, 5) is 0. The highest BCUT2D eigenvalue weighted by atomic mass is 16.5. The number of ether oxygens (including phenoxy) is 2. The second-order valence-electron chi connectivity index (χ2n) is 4.75. The van der Waals surface area contributed by atoms with Crippen LogP contribution in [0, 0.1) is 0 Å². The Morgan fingerprint density at radius 1 is 1.28 bits per heavy atom. The van der Waals surface area contributed by atoms with Crippen LogP contribution in [-0.4, -0.2) is 25.8 Å². The molecule has 2 atom stereocenters. The minimum Gasteiger partial charge on any atom is -0.494 e. The van der Waals surface area contributed by atoms with Crippen LogP contribution in [0.25, 0.3) is 0 Å². The third kappa shape index (κ3) is 3.47. The standard InChI is InChI=1S/C15H23NO2/c1-3-9-17-14-7-5-12(6-8-14)15-10-16-13(4-2)11-18-15/h5-8,13,15-16H,3-4,9-11H2,1-2H3. The molecule has 1 aromatic carbocycles. The Balaban J connectivity index is 1.89. The van der Waals surface area contributed by atoms with Crippen molar-refractivity contribution in [3.63, 3.8) is 0 Å². The van der Waals surface area contributed by atoms with Crippen molar-refractivity contribution in [2.75, 3.05) is 19.8 Å². The lowest BCUT2D eigenvalue weighted by Gasteiger charge is -2.30. The van der Waals surface area contributed by atoms with Crippen LogP contribution in [0.4, 0.5) is 0 Å². The molecule has 1 N–H and O–H groups in total. The monoisotopic (exact) mass is 249 g/mol. The number of nitrogens with one attached hydrogen (secondary N) is 1. The van der Waals surface area contributed by atoms with E-state index in [1.54, 1.807) is 0 Å². The zero-order chi connectivity index (χ0) is 12.8. The Labute approximate surface area is 109 Å². The van der Waals surface area contributed by atoms with Gasteiger partial charge in [-0.15, -0.1) is 0 Å². The largest absolute Gasteiger partial charge is 0.494 e. The smallest absolute Gasteiger partial charge is 0.119 e. The zero-order valence-electron chi connectivity index (χ0n) is 11.3. The molecule has 0 aliphatic carbocycles. The minimum absolute atomic E-state index is 0.174. The first-order valence-corrected chi connectivity index (χ1v) is 6.91. The number of hydrogen-bond donors (Lipinski definition) is 1. The maximum atomic E-state index is 5.89. The molecule has 1 aromatic rings. The van der Waals surface area contributed by atoms with E-state index >= 15 is 0 Å². The van der Waals surface area contributed by atoms with Gasteiger partial charge in [0, 0.05) is 12.6 Å². The van der Waals surface area contributed by atoms with Crippen LogP contribution >= 0.6 is 0 Å². The molecule has 0 bridgehead atoms. The van der Waals surface area contributed by atoms with Crippen molar-refractivity contribution in [1.82, 2.24) is 5.32 Å². The van der Waals surface area contributed by atoms with Gasteiger partial charge in [-0.2, -0.15) is 0 Å². The maximum Gasteiger partial charge on any atom is 0.119 e. The molecule has 1 saturated heterocycles. The van der Waals surface area contributed by atoms with E-state index in [9.17, 15) is 0 Å². The summed E-state index contributed by atoms with van der Waals surface area (Å²) >= 11 is 0. The lowest BCUT2D eigenvalue weighted by atomic mass is 10.1. The van der Waals surface area contributed by atoms with Crippen molar-refractivity contribution in [3.8, 4) is 5.75 Å². The summed E-state index contributed by atoms with van der Waals surface area (Å²) in [6.07, 6.45) is 2.33. The number of morpholine rings is 1. The lowest BCUT2D eigenvalue weighted by Crippen LogP contribution is -2.42. The van der Waals surface area contributed by atoms with Crippen LogP contribution in [0.3, 0.4) is 0 Å². The van der Waals surface area contributed by atoms with E-state index in [1.165, 1.54) is 5.56 Å². The third-order valence-electron chi connectivity index (χ3n) is 3.31. The Morgan fingerprint density at radius 3 is 2.61 bits per heavy atom. The highest BCUT2D eigenvalue weighted by Gasteiger charge is 2.20. The van der Waals surface area contributed by atoms with Gasteiger partial charge in [0.15, 0.2) is 0 Å². The fourth-order valence-corrected chi connectivity index (χ4v) is 2.10. The first-order chi connectivity index (χ1) is 8.83. The molecule has 2 unspecified atom stereocenters. The molecule has 3 heteroatoms. The van der Waals surface area contributed by atoms with Crippen molar-refractivity contribution >= 4 is 0 Å². The highest BCUT2D eigenvalue weighted by molar-refractivity contribution is 5.29. The third-order valence-corrected chi connectivity index (χ3v) is 3.31. The van der Waals surface area contributed by atoms with Gasteiger partial charge in [-0.25, -0.2) is 0 Å². The Morgan fingerprint density at radius 2 is 2.06 bits per heavy atom. The molecule has 1 heterocycles. The van der Waals surface area contributed by atoms with E-state index in [1.807, 2.05) is 12.1 Å². The highest BCUT2D eigenvalue weighted by Crippen LogP contribution is 2.23. The van der Waals surface area contributed by atoms with Crippen molar-refractivity contribution in [3.05, 3.63) is 29.8 Å². The van der Waals surface area contributed by atoms with Crippen LogP contribution in [-0.2, 0) is 4.74 Å². The van der Waals surface area contributed by atoms with Gasteiger partial charge in [-0.05, 0) is 30.5 Å². The zero-order valence-corrected chi connectivity index (χ0v) is 11.3. The van der Waals surface area contributed by atoms with Gasteiger partial charge in [0.2, 0.25) is 0 Å². The van der Waals surface area contributed by atoms with Crippen molar-refractivity contribution in [1.29, 1.82) is 0 Å². The molecule has 0 aromatic heterocycles. The second kappa shape index (κ2) is 6.76. The number of rotatable bonds is 5. The first kappa shape index (κ1) is 13.4. The summed E-state index contributed by atoms with van der Waals surface area (Å²) < 4.78 is 11.5. The van der Waals surface area contributed by atoms with Crippen molar-refractivity contribution in [2.45, 2.75) is 38.8 Å². The van der Waals surface area contributed by atoms with Crippen LogP contribution in [0.5, 0.6) is 5.75 Å². The predicted molar refractivity (Wildman–Crippen MR) is 73.0 cm³/mol. The molecule has 1 aliphatic heterocycles. The molecular weight excluding hydrogens is 226 g/mol. The molecule has 0 amide bonds. The van der Waals surface area contributed by atoms with E-state index < -0.39 is 0 Å². The van der Waals surface area contributed by atoms with Gasteiger partial charge in [0.25, 0.3) is 0 Å². The first-order valence-electron chi connectivity index (χ1n) is 6.91. The minimum atomic E-state index is 0.174. The van der Waals surface area contributed by atoms with Crippen molar-refractivity contribution in [2.24, 2.45) is 0 Å². The lowest BCUT2D eigenvalue weighted by molar-refractivity contribution is 0.00221. The molecule has 1 fully saturated rings. The Kier molecular flexibility index (Phi) is 5.02. The predicted octanol–water partition coefficient (Wildman–Crippen LogP) is 2.91. The maximum absolute atomic E-state index is 5.89. The quantitative estimate of drug-likeness (QED) is 0.870. The number of benzene rings is 1.